The molecule has 138 valence electrons. The number of hydrogen-bond donors (Lipinski definition) is 0. The van der Waals surface area contributed by atoms with Gasteiger partial charge in [0.25, 0.3) is 0 Å². The Bertz CT molecular complexity index is 1080. The quantitative estimate of drug-likeness (QED) is 0.556. The van der Waals surface area contributed by atoms with Crippen molar-refractivity contribution in [1.29, 1.82) is 0 Å². The van der Waals surface area contributed by atoms with Gasteiger partial charge >= 0.3 is 0 Å². The van der Waals surface area contributed by atoms with Crippen molar-refractivity contribution in [3.8, 4) is 0 Å². The van der Waals surface area contributed by atoms with E-state index in [4.69, 9.17) is 0 Å². The van der Waals surface area contributed by atoms with Gasteiger partial charge in [0.15, 0.2) is 0 Å². The molecule has 0 spiro atoms. The molecule has 27 heavy (non-hydrogen) atoms. The molecule has 1 fully saturated rings. The maximum atomic E-state index is 4.56. The van der Waals surface area contributed by atoms with Crippen LogP contribution in [0, 0.1) is 5.92 Å². The fourth-order valence-corrected chi connectivity index (χ4v) is 4.07. The van der Waals surface area contributed by atoms with Crippen molar-refractivity contribution >= 4 is 23.2 Å². The average Bonchev–Trinajstić information content (AvgIpc) is 3.36. The van der Waals surface area contributed by atoms with Crippen molar-refractivity contribution < 1.29 is 0 Å². The molecular formula is C19H22N8. The summed E-state index contributed by atoms with van der Waals surface area (Å²) in [6.45, 7) is 4.19. The molecule has 1 saturated heterocycles. The summed E-state index contributed by atoms with van der Waals surface area (Å²) in [4.78, 5) is 22.4. The number of anilines is 2. The lowest BCUT2D eigenvalue weighted by atomic mass is 9.92. The summed E-state index contributed by atoms with van der Waals surface area (Å²) in [5.41, 5.74) is 1.84. The van der Waals surface area contributed by atoms with Crippen LogP contribution in [-0.2, 0) is 0 Å². The van der Waals surface area contributed by atoms with Crippen LogP contribution < -0.4 is 9.80 Å². The molecule has 8 heteroatoms. The first-order chi connectivity index (χ1) is 13.2. The lowest BCUT2D eigenvalue weighted by Gasteiger charge is -2.42. The molecule has 5 rings (SSSR count). The third-order valence-electron chi connectivity index (χ3n) is 5.63. The third kappa shape index (κ3) is 2.59. The van der Waals surface area contributed by atoms with Gasteiger partial charge in [0.2, 0.25) is 11.9 Å². The van der Waals surface area contributed by atoms with Gasteiger partial charge in [-0.1, -0.05) is 6.92 Å². The highest BCUT2D eigenvalue weighted by atomic mass is 15.4. The van der Waals surface area contributed by atoms with Crippen molar-refractivity contribution in [1.82, 2.24) is 28.7 Å². The molecule has 1 aliphatic heterocycles. The average molecular weight is 362 g/mol. The molecule has 0 bridgehead atoms. The van der Waals surface area contributed by atoms with Gasteiger partial charge in [-0.15, -0.1) is 0 Å². The van der Waals surface area contributed by atoms with E-state index >= 15 is 0 Å². The molecule has 0 saturated carbocycles. The van der Waals surface area contributed by atoms with Gasteiger partial charge in [-0.2, -0.15) is 0 Å². The number of rotatable bonds is 3. The fraction of sp³-hybridized carbons (Fsp3) is 0.368. The Morgan fingerprint density at radius 1 is 0.963 bits per heavy atom. The summed E-state index contributed by atoms with van der Waals surface area (Å²) in [6.07, 6.45) is 8.42. The van der Waals surface area contributed by atoms with Gasteiger partial charge in [0.05, 0.1) is 6.04 Å². The summed E-state index contributed by atoms with van der Waals surface area (Å²) in [7, 11) is 2.12. The highest BCUT2D eigenvalue weighted by molar-refractivity contribution is 5.49. The summed E-state index contributed by atoms with van der Waals surface area (Å²) in [5, 5.41) is 0. The van der Waals surface area contributed by atoms with E-state index in [1.54, 1.807) is 12.7 Å². The van der Waals surface area contributed by atoms with E-state index < -0.39 is 0 Å². The zero-order valence-corrected chi connectivity index (χ0v) is 15.5. The van der Waals surface area contributed by atoms with E-state index in [1.807, 2.05) is 41.1 Å². The standard InChI is InChI=1S/C19H22N8/c1-14-7-10-25(19-23-13-21-17-6-4-9-27(17)19)11-15(14)24(2)18-22-12-20-16-5-3-8-26(16)18/h3-6,8-9,12-15H,7,10-11H2,1-2H3/t14-,15+/m1/s1. The Morgan fingerprint density at radius 2 is 1.67 bits per heavy atom. The van der Waals surface area contributed by atoms with E-state index in [1.165, 1.54) is 0 Å². The van der Waals surface area contributed by atoms with Crippen molar-refractivity contribution in [2.75, 3.05) is 29.9 Å². The van der Waals surface area contributed by atoms with Crippen LogP contribution in [0.4, 0.5) is 11.9 Å². The molecule has 1 aliphatic rings. The smallest absolute Gasteiger partial charge is 0.212 e. The number of hydrogen-bond acceptors (Lipinski definition) is 6. The number of aromatic nitrogens is 6. The van der Waals surface area contributed by atoms with Crippen molar-refractivity contribution in [2.45, 2.75) is 19.4 Å². The molecule has 4 aromatic rings. The highest BCUT2D eigenvalue weighted by Crippen LogP contribution is 2.27. The molecule has 0 amide bonds. The van der Waals surface area contributed by atoms with Gasteiger partial charge < -0.3 is 9.80 Å². The topological polar surface area (TPSA) is 66.9 Å². The predicted molar refractivity (Wildman–Crippen MR) is 104 cm³/mol. The Morgan fingerprint density at radius 3 is 2.48 bits per heavy atom. The summed E-state index contributed by atoms with van der Waals surface area (Å²) < 4.78 is 4.10. The lowest BCUT2D eigenvalue weighted by Crippen LogP contribution is -2.52. The molecule has 0 aromatic carbocycles. The van der Waals surface area contributed by atoms with Gasteiger partial charge in [0, 0.05) is 32.5 Å². The Hall–Kier alpha value is -3.16. The van der Waals surface area contributed by atoms with E-state index in [-0.39, 0.29) is 0 Å². The normalized spacial score (nSPS) is 20.4. The minimum Gasteiger partial charge on any atom is -0.340 e. The van der Waals surface area contributed by atoms with Crippen molar-refractivity contribution in [3.63, 3.8) is 0 Å². The third-order valence-corrected chi connectivity index (χ3v) is 5.63. The maximum Gasteiger partial charge on any atom is 0.212 e. The zero-order chi connectivity index (χ0) is 18.4. The van der Waals surface area contributed by atoms with E-state index in [2.05, 4.69) is 48.1 Å². The fourth-order valence-electron chi connectivity index (χ4n) is 4.07. The minimum absolute atomic E-state index is 0.319. The van der Waals surface area contributed by atoms with Crippen molar-refractivity contribution in [2.24, 2.45) is 5.92 Å². The van der Waals surface area contributed by atoms with Crippen LogP contribution in [0.15, 0.2) is 49.3 Å². The second-order valence-corrected chi connectivity index (χ2v) is 7.21. The summed E-state index contributed by atoms with van der Waals surface area (Å²) in [6, 6.07) is 8.33. The van der Waals surface area contributed by atoms with Gasteiger partial charge in [0.1, 0.15) is 23.9 Å². The number of fused-ring (bicyclic) bond motifs is 2. The van der Waals surface area contributed by atoms with Crippen LogP contribution in [0.1, 0.15) is 13.3 Å². The van der Waals surface area contributed by atoms with E-state index in [0.717, 1.165) is 42.7 Å². The molecule has 0 N–H and O–H groups in total. The number of piperidine rings is 1. The Labute approximate surface area is 157 Å². The van der Waals surface area contributed by atoms with E-state index in [9.17, 15) is 0 Å². The minimum atomic E-state index is 0.319. The van der Waals surface area contributed by atoms with Crippen LogP contribution in [0.2, 0.25) is 0 Å². The first kappa shape index (κ1) is 16.0. The Kier molecular flexibility index (Phi) is 3.70. The molecule has 5 heterocycles. The first-order valence-electron chi connectivity index (χ1n) is 9.26. The molecule has 4 aromatic heterocycles. The molecule has 0 unspecified atom stereocenters. The van der Waals surface area contributed by atoms with Gasteiger partial charge in [-0.25, -0.2) is 19.9 Å². The molecule has 2 atom stereocenters. The largest absolute Gasteiger partial charge is 0.340 e. The molecular weight excluding hydrogens is 340 g/mol. The summed E-state index contributed by atoms with van der Waals surface area (Å²) >= 11 is 0. The number of likely N-dealkylation sites (N-methyl/N-ethyl adjacent to an activating group) is 1. The Balaban J connectivity index is 1.49. The van der Waals surface area contributed by atoms with Crippen LogP contribution in [0.25, 0.3) is 11.3 Å². The zero-order valence-electron chi connectivity index (χ0n) is 15.5. The van der Waals surface area contributed by atoms with Gasteiger partial charge in [-0.05, 0) is 36.6 Å². The SMILES string of the molecule is C[C@@H]1CCN(c2ncnc3cccn23)C[C@@H]1N(C)c1ncnc2cccn12. The second kappa shape index (κ2) is 6.22. The molecule has 8 nitrogen and oxygen atoms in total. The number of nitrogens with zero attached hydrogens (tertiary/aromatic N) is 8. The predicted octanol–water partition coefficient (Wildman–Crippen LogP) is 2.12. The van der Waals surface area contributed by atoms with Crippen LogP contribution in [0.3, 0.4) is 0 Å². The van der Waals surface area contributed by atoms with E-state index in [0.29, 0.717) is 12.0 Å². The lowest BCUT2D eigenvalue weighted by molar-refractivity contribution is 0.361. The van der Waals surface area contributed by atoms with Crippen LogP contribution in [-0.4, -0.2) is 54.9 Å². The van der Waals surface area contributed by atoms with Crippen LogP contribution >= 0.6 is 0 Å². The highest BCUT2D eigenvalue weighted by Gasteiger charge is 2.32. The maximum absolute atomic E-state index is 4.56. The molecule has 0 radical (unpaired) electrons. The van der Waals surface area contributed by atoms with Gasteiger partial charge in [-0.3, -0.25) is 8.80 Å². The van der Waals surface area contributed by atoms with Crippen molar-refractivity contribution in [3.05, 3.63) is 49.3 Å². The summed E-state index contributed by atoms with van der Waals surface area (Å²) in [5.74, 6) is 2.41. The first-order valence-corrected chi connectivity index (χ1v) is 9.26. The second-order valence-electron chi connectivity index (χ2n) is 7.21. The monoisotopic (exact) mass is 362 g/mol. The van der Waals surface area contributed by atoms with Crippen LogP contribution in [0.5, 0.6) is 0 Å². The molecule has 0 aliphatic carbocycles.